The number of rotatable bonds is 1. The van der Waals surface area contributed by atoms with Crippen molar-refractivity contribution in [3.8, 4) is 0 Å². The molecule has 72 valence electrons. The van der Waals surface area contributed by atoms with Crippen LogP contribution in [-0.4, -0.2) is 55.6 Å². The van der Waals surface area contributed by atoms with Crippen molar-refractivity contribution in [1.29, 1.82) is 0 Å². The van der Waals surface area contributed by atoms with E-state index in [2.05, 4.69) is 0 Å². The van der Waals surface area contributed by atoms with Gasteiger partial charge in [0.15, 0.2) is 6.29 Å². The topological polar surface area (TPSA) is 90.2 Å². The van der Waals surface area contributed by atoms with E-state index in [1.165, 1.54) is 0 Å². The minimum atomic E-state index is -1.33. The second kappa shape index (κ2) is 4.16. The number of hydrogen-bond donors (Lipinski definition) is 4. The molecule has 5 nitrogen and oxygen atoms in total. The fourth-order valence-electron chi connectivity index (χ4n) is 1.06. The summed E-state index contributed by atoms with van der Waals surface area (Å²) in [6, 6.07) is 0. The fraction of sp³-hybridized carbons (Fsp3) is 1.00. The number of ether oxygens (including phenoxy) is 1. The van der Waals surface area contributed by atoms with Gasteiger partial charge in [-0.1, -0.05) is 22.6 Å². The summed E-state index contributed by atoms with van der Waals surface area (Å²) in [5, 5.41) is 36.3. The van der Waals surface area contributed by atoms with Crippen molar-refractivity contribution >= 4 is 22.6 Å². The van der Waals surface area contributed by atoms with E-state index in [9.17, 15) is 10.2 Å². The third kappa shape index (κ3) is 1.88. The summed E-state index contributed by atoms with van der Waals surface area (Å²) in [4.78, 5) is 0. The number of aliphatic hydroxyl groups excluding tert-OH is 4. The quantitative estimate of drug-likeness (QED) is 0.338. The van der Waals surface area contributed by atoms with Crippen molar-refractivity contribution in [2.45, 2.75) is 28.5 Å². The lowest BCUT2D eigenvalue weighted by atomic mass is 10.0. The van der Waals surface area contributed by atoms with Crippen LogP contribution in [0.3, 0.4) is 0 Å². The van der Waals surface area contributed by atoms with Crippen LogP contribution in [0, 0.1) is 0 Å². The smallest absolute Gasteiger partial charge is 0.182 e. The van der Waals surface area contributed by atoms with Crippen LogP contribution in [0.2, 0.25) is 0 Å². The second-order valence-electron chi connectivity index (χ2n) is 2.67. The first-order valence-corrected chi connectivity index (χ1v) is 4.77. The van der Waals surface area contributed by atoms with Gasteiger partial charge in [-0.15, -0.1) is 0 Å². The van der Waals surface area contributed by atoms with Gasteiger partial charge in [0, 0.05) is 0 Å². The maximum atomic E-state index is 9.36. The Morgan fingerprint density at radius 1 is 1.17 bits per heavy atom. The van der Waals surface area contributed by atoms with E-state index in [1.807, 2.05) is 22.6 Å². The Hall–Kier alpha value is 0.530. The summed E-state index contributed by atoms with van der Waals surface area (Å²) < 4.78 is 4.21. The first kappa shape index (κ1) is 10.6. The van der Waals surface area contributed by atoms with Crippen molar-refractivity contribution in [2.75, 3.05) is 6.61 Å². The monoisotopic (exact) mass is 286 g/mol. The van der Waals surface area contributed by atoms with Gasteiger partial charge < -0.3 is 25.2 Å². The highest BCUT2D eigenvalue weighted by Crippen LogP contribution is 2.25. The molecule has 1 aliphatic rings. The molecule has 1 heterocycles. The van der Waals surface area contributed by atoms with Gasteiger partial charge in [-0.05, 0) is 0 Å². The van der Waals surface area contributed by atoms with Crippen LogP contribution >= 0.6 is 22.6 Å². The molecule has 0 spiro atoms. The zero-order valence-electron chi connectivity index (χ0n) is 6.17. The van der Waals surface area contributed by atoms with E-state index in [0.717, 1.165) is 0 Å². The van der Waals surface area contributed by atoms with E-state index >= 15 is 0 Å². The van der Waals surface area contributed by atoms with Crippen LogP contribution in [0.25, 0.3) is 0 Å². The van der Waals surface area contributed by atoms with Crippen molar-refractivity contribution in [2.24, 2.45) is 0 Å². The van der Waals surface area contributed by atoms with Gasteiger partial charge >= 0.3 is 0 Å². The molecule has 0 bridgehead atoms. The van der Waals surface area contributed by atoms with Crippen LogP contribution in [0.15, 0.2) is 0 Å². The Morgan fingerprint density at radius 2 is 1.75 bits per heavy atom. The number of hydrogen-bond acceptors (Lipinski definition) is 5. The van der Waals surface area contributed by atoms with Crippen LogP contribution in [0.4, 0.5) is 0 Å². The molecule has 0 amide bonds. The minimum Gasteiger partial charge on any atom is -0.394 e. The molecule has 4 N–H and O–H groups in total. The molecule has 0 radical (unpaired) electrons. The summed E-state index contributed by atoms with van der Waals surface area (Å²) in [5.41, 5.74) is 0. The predicted octanol–water partition coefficient (Wildman–Crippen LogP) is -1.78. The Balaban J connectivity index is 2.63. The van der Waals surface area contributed by atoms with E-state index < -0.39 is 28.5 Å². The molecule has 0 aromatic rings. The molecule has 0 aromatic heterocycles. The highest BCUT2D eigenvalue weighted by Gasteiger charge is 2.41. The molecule has 6 heteroatoms. The molecule has 1 unspecified atom stereocenters. The average molecular weight is 286 g/mol. The molecule has 0 aromatic carbocycles. The predicted molar refractivity (Wildman–Crippen MR) is 47.8 cm³/mol. The van der Waals surface area contributed by atoms with Crippen molar-refractivity contribution in [3.05, 3.63) is 0 Å². The van der Waals surface area contributed by atoms with Crippen molar-refractivity contribution < 1.29 is 25.2 Å². The normalized spacial score (nSPS) is 49.2. The minimum absolute atomic E-state index is 0.371. The van der Waals surface area contributed by atoms with Crippen molar-refractivity contribution in [1.82, 2.24) is 0 Å². The zero-order chi connectivity index (χ0) is 9.30. The van der Waals surface area contributed by atoms with E-state index in [0.29, 0.717) is 0 Å². The van der Waals surface area contributed by atoms with Crippen molar-refractivity contribution in [3.63, 3.8) is 0 Å². The Morgan fingerprint density at radius 3 is 2.25 bits per heavy atom. The highest BCUT2D eigenvalue weighted by molar-refractivity contribution is 14.1. The SMILES string of the molecule is OC[C@H]1OC(O)[C@H](O)[C@@H]([123I])[C@@H]1O. The van der Waals surface area contributed by atoms with E-state index in [1.54, 1.807) is 0 Å². The van der Waals surface area contributed by atoms with Gasteiger partial charge in [0.25, 0.3) is 0 Å². The number of halogens is 1. The first-order valence-electron chi connectivity index (χ1n) is 3.52. The molecule has 1 saturated heterocycles. The lowest BCUT2D eigenvalue weighted by Gasteiger charge is -2.37. The largest absolute Gasteiger partial charge is 0.394 e. The van der Waals surface area contributed by atoms with Crippen LogP contribution in [0.5, 0.6) is 0 Å². The fourth-order valence-corrected chi connectivity index (χ4v) is 1.87. The molecule has 1 rings (SSSR count). The summed E-state index contributed by atoms with van der Waals surface area (Å²) in [6.45, 7) is -0.371. The molecule has 1 fully saturated rings. The molecule has 1 aliphatic heterocycles. The molecule has 5 atom stereocenters. The third-order valence-corrected chi connectivity index (χ3v) is 3.29. The van der Waals surface area contributed by atoms with Gasteiger partial charge in [0.2, 0.25) is 0 Å². The van der Waals surface area contributed by atoms with Crippen LogP contribution in [-0.2, 0) is 4.74 Å². The zero-order valence-corrected chi connectivity index (χ0v) is 8.33. The van der Waals surface area contributed by atoms with Gasteiger partial charge in [-0.25, -0.2) is 0 Å². The molecule has 12 heavy (non-hydrogen) atoms. The van der Waals surface area contributed by atoms with E-state index in [4.69, 9.17) is 14.9 Å². The first-order chi connectivity index (χ1) is 5.57. The van der Waals surface area contributed by atoms with Gasteiger partial charge in [0.05, 0.1) is 16.6 Å². The standard InChI is InChI=1S/C6H11IO5/c7-3-4(9)2(1-8)12-6(11)5(3)10/h2-6,8-11H,1H2/t2-,3+,4-,5-,6?/m1/s1/i7-4. The molecular weight excluding hydrogens is 275 g/mol. The Bertz CT molecular complexity index is 150. The molecular formula is C6H11IO5. The summed E-state index contributed by atoms with van der Waals surface area (Å²) in [7, 11) is 0. The number of alkyl halides is 1. The van der Waals surface area contributed by atoms with Crippen LogP contribution in [0.1, 0.15) is 0 Å². The molecule has 0 aliphatic carbocycles. The highest BCUT2D eigenvalue weighted by atomic mass is 123. The summed E-state index contributed by atoms with van der Waals surface area (Å²) in [5.74, 6) is 0. The summed E-state index contributed by atoms with van der Waals surface area (Å²) in [6.07, 6.45) is -4.20. The molecule has 0 saturated carbocycles. The average Bonchev–Trinajstić information content (AvgIpc) is 2.08. The van der Waals surface area contributed by atoms with Crippen LogP contribution < -0.4 is 0 Å². The van der Waals surface area contributed by atoms with Gasteiger partial charge in [-0.3, -0.25) is 0 Å². The Kier molecular flexibility index (Phi) is 3.68. The lowest BCUT2D eigenvalue weighted by molar-refractivity contribution is -0.246. The number of aliphatic hydroxyl groups is 4. The van der Waals surface area contributed by atoms with E-state index in [-0.39, 0.29) is 6.61 Å². The summed E-state index contributed by atoms with van der Waals surface area (Å²) >= 11 is 1.81. The van der Waals surface area contributed by atoms with Gasteiger partial charge in [0.1, 0.15) is 12.2 Å². The maximum Gasteiger partial charge on any atom is 0.182 e. The third-order valence-electron chi connectivity index (χ3n) is 1.82. The maximum absolute atomic E-state index is 9.36. The Labute approximate surface area is 83.1 Å². The van der Waals surface area contributed by atoms with Gasteiger partial charge in [-0.2, -0.15) is 0 Å². The second-order valence-corrected chi connectivity index (χ2v) is 4.11. The lowest BCUT2D eigenvalue weighted by Crippen LogP contribution is -2.56.